The third-order valence-electron chi connectivity index (χ3n) is 3.09. The third-order valence-corrected chi connectivity index (χ3v) is 3.09. The van der Waals surface area contributed by atoms with Gasteiger partial charge < -0.3 is 0 Å². The van der Waals surface area contributed by atoms with Crippen LogP contribution in [0.25, 0.3) is 0 Å². The summed E-state index contributed by atoms with van der Waals surface area (Å²) in [6.07, 6.45) is 6.90. The monoisotopic (exact) mass is 240 g/mol. The van der Waals surface area contributed by atoms with Crippen LogP contribution in [0.4, 0.5) is 0 Å². The number of nitrogens with zero attached hydrogens (tertiary/aromatic N) is 6. The Labute approximate surface area is 104 Å². The van der Waals surface area contributed by atoms with Crippen LogP contribution in [0, 0.1) is 11.3 Å². The van der Waals surface area contributed by atoms with E-state index >= 15 is 0 Å². The summed E-state index contributed by atoms with van der Waals surface area (Å²) < 4.78 is 1.87. The van der Waals surface area contributed by atoms with E-state index in [0.717, 1.165) is 19.6 Å². The molecule has 18 heavy (non-hydrogen) atoms. The minimum Gasteiger partial charge on any atom is -0.295 e. The predicted octanol–water partition coefficient (Wildman–Crippen LogP) is 0.602. The van der Waals surface area contributed by atoms with Crippen LogP contribution in [0.3, 0.4) is 0 Å². The van der Waals surface area contributed by atoms with Crippen molar-refractivity contribution in [2.45, 2.75) is 12.6 Å². The first-order valence-corrected chi connectivity index (χ1v) is 5.77. The minimum atomic E-state index is 0.377. The van der Waals surface area contributed by atoms with E-state index in [4.69, 9.17) is 5.26 Å². The highest BCUT2D eigenvalue weighted by molar-refractivity contribution is 5.22. The normalized spacial score (nSPS) is 16.2. The predicted molar refractivity (Wildman–Crippen MR) is 63.3 cm³/mol. The molecular formula is C12H12N6. The van der Waals surface area contributed by atoms with Gasteiger partial charge in [-0.3, -0.25) is 9.58 Å². The first-order valence-electron chi connectivity index (χ1n) is 5.77. The van der Waals surface area contributed by atoms with Crippen molar-refractivity contribution < 1.29 is 0 Å². The van der Waals surface area contributed by atoms with Gasteiger partial charge in [0.2, 0.25) is 0 Å². The van der Waals surface area contributed by atoms with Gasteiger partial charge >= 0.3 is 0 Å². The third kappa shape index (κ3) is 2.08. The van der Waals surface area contributed by atoms with E-state index < -0.39 is 0 Å². The van der Waals surface area contributed by atoms with Crippen molar-refractivity contribution in [3.63, 3.8) is 0 Å². The fraction of sp³-hybridized carbons (Fsp3) is 0.333. The molecule has 0 unspecified atom stereocenters. The molecule has 90 valence electrons. The molecular weight excluding hydrogens is 228 g/mol. The van der Waals surface area contributed by atoms with Crippen LogP contribution in [0.2, 0.25) is 0 Å². The number of hydrogen-bond donors (Lipinski definition) is 0. The second-order valence-corrected chi connectivity index (χ2v) is 4.42. The lowest BCUT2D eigenvalue weighted by Gasteiger charge is -2.39. The molecule has 0 radical (unpaired) electrons. The molecule has 1 aliphatic heterocycles. The van der Waals surface area contributed by atoms with Gasteiger partial charge in [-0.1, -0.05) is 0 Å². The highest BCUT2D eigenvalue weighted by atomic mass is 15.4. The number of likely N-dealkylation sites (tertiary alicyclic amines) is 1. The summed E-state index contributed by atoms with van der Waals surface area (Å²) in [7, 11) is 0. The van der Waals surface area contributed by atoms with Gasteiger partial charge in [0.05, 0.1) is 24.0 Å². The fourth-order valence-corrected chi connectivity index (χ4v) is 2.10. The summed E-state index contributed by atoms with van der Waals surface area (Å²) >= 11 is 0. The van der Waals surface area contributed by atoms with Gasteiger partial charge in [-0.05, 0) is 11.6 Å². The summed E-state index contributed by atoms with van der Waals surface area (Å²) in [6, 6.07) is 4.44. The van der Waals surface area contributed by atoms with Crippen molar-refractivity contribution in [3.8, 4) is 6.07 Å². The molecule has 1 fully saturated rings. The Kier molecular flexibility index (Phi) is 2.74. The number of rotatable bonds is 3. The van der Waals surface area contributed by atoms with Crippen molar-refractivity contribution in [3.05, 3.63) is 42.0 Å². The standard InChI is InChI=1S/C12H12N6/c13-3-11-5-16-18(7-11)12-8-17(9-12)6-10-1-2-14-15-4-10/h1-2,4-5,7,12H,6,8-9H2. The number of aromatic nitrogens is 4. The first-order chi connectivity index (χ1) is 8.85. The van der Waals surface area contributed by atoms with E-state index in [9.17, 15) is 0 Å². The summed E-state index contributed by atoms with van der Waals surface area (Å²) in [5.74, 6) is 0. The molecule has 1 saturated heterocycles. The topological polar surface area (TPSA) is 70.6 Å². The molecule has 0 atom stereocenters. The van der Waals surface area contributed by atoms with Gasteiger partial charge in [0.1, 0.15) is 6.07 Å². The van der Waals surface area contributed by atoms with Gasteiger partial charge in [-0.25, -0.2) is 0 Å². The molecule has 0 aromatic carbocycles. The molecule has 0 spiro atoms. The van der Waals surface area contributed by atoms with Gasteiger partial charge in [0, 0.05) is 32.0 Å². The van der Waals surface area contributed by atoms with Crippen molar-refractivity contribution in [1.82, 2.24) is 24.9 Å². The highest BCUT2D eigenvalue weighted by Crippen LogP contribution is 2.22. The van der Waals surface area contributed by atoms with Crippen molar-refractivity contribution in [2.75, 3.05) is 13.1 Å². The Balaban J connectivity index is 1.56. The first kappa shape index (κ1) is 10.9. The van der Waals surface area contributed by atoms with Crippen molar-refractivity contribution >= 4 is 0 Å². The molecule has 0 N–H and O–H groups in total. The molecule has 2 aromatic rings. The molecule has 6 heteroatoms. The van der Waals surface area contributed by atoms with E-state index in [1.54, 1.807) is 24.8 Å². The van der Waals surface area contributed by atoms with Gasteiger partial charge in [-0.2, -0.15) is 20.6 Å². The average molecular weight is 240 g/mol. The average Bonchev–Trinajstić information content (AvgIpc) is 2.83. The number of nitriles is 1. The summed E-state index contributed by atoms with van der Waals surface area (Å²) in [5.41, 5.74) is 1.79. The molecule has 6 nitrogen and oxygen atoms in total. The van der Waals surface area contributed by atoms with Gasteiger partial charge in [0.15, 0.2) is 0 Å². The van der Waals surface area contributed by atoms with Crippen molar-refractivity contribution in [2.24, 2.45) is 0 Å². The van der Waals surface area contributed by atoms with Crippen LogP contribution in [0.15, 0.2) is 30.9 Å². The van der Waals surface area contributed by atoms with E-state index in [-0.39, 0.29) is 0 Å². The maximum absolute atomic E-state index is 8.74. The molecule has 3 heterocycles. The quantitative estimate of drug-likeness (QED) is 0.785. The Hall–Kier alpha value is -2.26. The van der Waals surface area contributed by atoms with Crippen LogP contribution < -0.4 is 0 Å². The molecule has 0 saturated carbocycles. The maximum atomic E-state index is 8.74. The zero-order valence-corrected chi connectivity index (χ0v) is 9.77. The fourth-order valence-electron chi connectivity index (χ4n) is 2.10. The smallest absolute Gasteiger partial charge is 0.102 e. The largest absolute Gasteiger partial charge is 0.295 e. The SMILES string of the molecule is N#Cc1cnn(C2CN(Cc3ccnnc3)C2)c1. The molecule has 3 rings (SSSR count). The van der Waals surface area contributed by atoms with Gasteiger partial charge in [-0.15, -0.1) is 0 Å². The highest BCUT2D eigenvalue weighted by Gasteiger charge is 2.28. The van der Waals surface area contributed by atoms with Crippen LogP contribution in [0.1, 0.15) is 17.2 Å². The Morgan fingerprint density at radius 1 is 1.33 bits per heavy atom. The van der Waals surface area contributed by atoms with Crippen LogP contribution in [0.5, 0.6) is 0 Å². The lowest BCUT2D eigenvalue weighted by molar-refractivity contribution is 0.0907. The minimum absolute atomic E-state index is 0.377. The molecule has 2 aromatic heterocycles. The zero-order valence-electron chi connectivity index (χ0n) is 9.77. The lowest BCUT2D eigenvalue weighted by Crippen LogP contribution is -2.47. The second kappa shape index (κ2) is 4.55. The Morgan fingerprint density at radius 2 is 2.22 bits per heavy atom. The zero-order chi connectivity index (χ0) is 12.4. The van der Waals surface area contributed by atoms with E-state index in [2.05, 4.69) is 26.3 Å². The maximum Gasteiger partial charge on any atom is 0.102 e. The Morgan fingerprint density at radius 3 is 2.89 bits per heavy atom. The molecule has 0 aliphatic carbocycles. The molecule has 0 amide bonds. The Bertz CT molecular complexity index is 564. The second-order valence-electron chi connectivity index (χ2n) is 4.42. The van der Waals surface area contributed by atoms with Gasteiger partial charge in [0.25, 0.3) is 0 Å². The molecule has 1 aliphatic rings. The van der Waals surface area contributed by atoms with E-state index in [1.165, 1.54) is 5.56 Å². The van der Waals surface area contributed by atoms with Crippen LogP contribution in [-0.2, 0) is 6.54 Å². The molecule has 0 bridgehead atoms. The van der Waals surface area contributed by atoms with Crippen LogP contribution >= 0.6 is 0 Å². The van der Waals surface area contributed by atoms with E-state index in [0.29, 0.717) is 11.6 Å². The van der Waals surface area contributed by atoms with Crippen molar-refractivity contribution in [1.29, 1.82) is 5.26 Å². The summed E-state index contributed by atoms with van der Waals surface area (Å²) in [6.45, 7) is 2.79. The lowest BCUT2D eigenvalue weighted by atomic mass is 10.1. The van der Waals surface area contributed by atoms with Crippen LogP contribution in [-0.4, -0.2) is 38.0 Å². The summed E-state index contributed by atoms with van der Waals surface area (Å²) in [4.78, 5) is 2.31. The summed E-state index contributed by atoms with van der Waals surface area (Å²) in [5, 5.41) is 20.6. The van der Waals surface area contributed by atoms with E-state index in [1.807, 2.05) is 10.7 Å². The number of hydrogen-bond acceptors (Lipinski definition) is 5.